The van der Waals surface area contributed by atoms with Crippen molar-refractivity contribution in [3.8, 4) is 0 Å². The van der Waals surface area contributed by atoms with Gasteiger partial charge in [0.1, 0.15) is 0 Å². The number of allylic oxidation sites excluding steroid dienone is 2. The lowest BCUT2D eigenvalue weighted by molar-refractivity contribution is -0.129. The van der Waals surface area contributed by atoms with E-state index in [1.165, 1.54) is 6.42 Å². The number of nitrogens with zero attached hydrogens (tertiary/aromatic N) is 3. The number of ketones is 1. The van der Waals surface area contributed by atoms with Gasteiger partial charge in [-0.05, 0) is 46.0 Å². The first-order valence-corrected chi connectivity index (χ1v) is 9.11. The third kappa shape index (κ3) is 3.22. The predicted molar refractivity (Wildman–Crippen MR) is 94.0 cm³/mol. The Morgan fingerprint density at radius 2 is 1.52 bits per heavy atom. The lowest BCUT2D eigenvalue weighted by Crippen LogP contribution is -2.48. The average Bonchev–Trinajstić information content (AvgIpc) is 2.44. The minimum atomic E-state index is -0.329. The van der Waals surface area contributed by atoms with Crippen LogP contribution in [0.3, 0.4) is 0 Å². The highest BCUT2D eigenvalue weighted by Crippen LogP contribution is 2.57. The summed E-state index contributed by atoms with van der Waals surface area (Å²) >= 11 is 0. The van der Waals surface area contributed by atoms with E-state index in [4.69, 9.17) is 0 Å². The molecule has 0 radical (unpaired) electrons. The molecule has 4 heteroatoms. The Kier molecular flexibility index (Phi) is 5.03. The molecule has 0 aromatic carbocycles. The van der Waals surface area contributed by atoms with Crippen LogP contribution in [0.1, 0.15) is 80.6 Å². The fourth-order valence-electron chi connectivity index (χ4n) is 3.99. The van der Waals surface area contributed by atoms with E-state index in [0.29, 0.717) is 17.9 Å². The molecule has 0 atom stereocenters. The van der Waals surface area contributed by atoms with Crippen LogP contribution in [0.2, 0.25) is 0 Å². The van der Waals surface area contributed by atoms with Gasteiger partial charge in [-0.2, -0.15) is 0 Å². The molecular formula is C19H33N3O. The number of carbonyl (C=O) groups excluding carboxylic acids is 1. The summed E-state index contributed by atoms with van der Waals surface area (Å²) in [6.07, 6.45) is 5.38. The standard InChI is InChI=1S/C19H33N3O/c1-13(2)22(14(3)4)21-20-16-15(18(5,6)7)17(23)19(16)11-9-8-10-12-19/h13-14H,8-12H2,1-7H3. The molecule has 0 heterocycles. The van der Waals surface area contributed by atoms with E-state index in [1.54, 1.807) is 0 Å². The highest BCUT2D eigenvalue weighted by Gasteiger charge is 2.56. The second-order valence-electron chi connectivity index (χ2n) is 8.70. The molecule has 2 aliphatic carbocycles. The molecule has 0 N–H and O–H groups in total. The minimum Gasteiger partial charge on any atom is -0.293 e. The highest BCUT2D eigenvalue weighted by molar-refractivity contribution is 6.10. The van der Waals surface area contributed by atoms with E-state index in [1.807, 2.05) is 5.01 Å². The van der Waals surface area contributed by atoms with Crippen molar-refractivity contribution in [2.24, 2.45) is 21.2 Å². The molecule has 0 aromatic heterocycles. The first-order valence-electron chi connectivity index (χ1n) is 9.11. The van der Waals surface area contributed by atoms with Gasteiger partial charge in [0.15, 0.2) is 5.78 Å². The predicted octanol–water partition coefficient (Wildman–Crippen LogP) is 5.31. The quantitative estimate of drug-likeness (QED) is 0.521. The van der Waals surface area contributed by atoms with Crippen molar-refractivity contribution < 1.29 is 4.79 Å². The first kappa shape index (κ1) is 18.2. The third-order valence-electron chi connectivity index (χ3n) is 5.12. The zero-order valence-electron chi connectivity index (χ0n) is 15.9. The lowest BCUT2D eigenvalue weighted by atomic mass is 9.55. The van der Waals surface area contributed by atoms with E-state index >= 15 is 0 Å². The Balaban J connectivity index is 2.40. The Morgan fingerprint density at radius 1 is 1.00 bits per heavy atom. The van der Waals surface area contributed by atoms with Crippen molar-refractivity contribution in [3.05, 3.63) is 11.3 Å². The van der Waals surface area contributed by atoms with Crippen molar-refractivity contribution in [2.75, 3.05) is 0 Å². The summed E-state index contributed by atoms with van der Waals surface area (Å²) in [5.74, 6) is 0.333. The largest absolute Gasteiger partial charge is 0.293 e. The number of Topliss-reactive ketones (excluding diaryl/α,β-unsaturated/α-hetero) is 1. The average molecular weight is 319 g/mol. The second-order valence-corrected chi connectivity index (χ2v) is 8.70. The maximum Gasteiger partial charge on any atom is 0.173 e. The van der Waals surface area contributed by atoms with Gasteiger partial charge in [0.25, 0.3) is 0 Å². The SMILES string of the molecule is CC(C)N(N=NC1=C(C(C)(C)C)C(=O)C12CCCCC2)C(C)C. The van der Waals surface area contributed by atoms with Crippen molar-refractivity contribution in [1.29, 1.82) is 0 Å². The molecule has 0 saturated heterocycles. The molecule has 2 aliphatic rings. The summed E-state index contributed by atoms with van der Waals surface area (Å²) in [7, 11) is 0. The molecule has 0 aliphatic heterocycles. The van der Waals surface area contributed by atoms with Crippen molar-refractivity contribution in [3.63, 3.8) is 0 Å². The molecule has 0 aromatic rings. The van der Waals surface area contributed by atoms with E-state index in [-0.39, 0.29) is 10.8 Å². The fraction of sp³-hybridized carbons (Fsp3) is 0.842. The van der Waals surface area contributed by atoms with Crippen LogP contribution >= 0.6 is 0 Å². The molecule has 2 rings (SSSR count). The topological polar surface area (TPSA) is 45.0 Å². The molecule has 1 spiro atoms. The molecule has 1 saturated carbocycles. The minimum absolute atomic E-state index is 0.158. The molecule has 130 valence electrons. The fourth-order valence-corrected chi connectivity index (χ4v) is 3.99. The monoisotopic (exact) mass is 319 g/mol. The maximum atomic E-state index is 12.9. The first-order chi connectivity index (χ1) is 10.6. The zero-order valence-corrected chi connectivity index (χ0v) is 15.9. The van der Waals surface area contributed by atoms with Gasteiger partial charge in [0.2, 0.25) is 0 Å². The molecule has 1 fully saturated rings. The van der Waals surface area contributed by atoms with E-state index in [2.05, 4.69) is 58.8 Å². The van der Waals surface area contributed by atoms with Gasteiger partial charge in [-0.25, -0.2) is 0 Å². The number of rotatable bonds is 4. The van der Waals surface area contributed by atoms with Gasteiger partial charge in [-0.15, -0.1) is 5.11 Å². The van der Waals surface area contributed by atoms with Crippen LogP contribution in [0.15, 0.2) is 21.6 Å². The Bertz CT molecular complexity index is 509. The van der Waals surface area contributed by atoms with Crippen LogP contribution in [-0.4, -0.2) is 22.9 Å². The van der Waals surface area contributed by atoms with E-state index in [9.17, 15) is 4.79 Å². The van der Waals surface area contributed by atoms with Crippen LogP contribution in [-0.2, 0) is 4.79 Å². The molecular weight excluding hydrogens is 286 g/mol. The van der Waals surface area contributed by atoms with Gasteiger partial charge in [-0.3, -0.25) is 9.80 Å². The van der Waals surface area contributed by atoms with Gasteiger partial charge in [-0.1, -0.05) is 45.3 Å². The van der Waals surface area contributed by atoms with Crippen molar-refractivity contribution in [2.45, 2.75) is 92.7 Å². The summed E-state index contributed by atoms with van der Waals surface area (Å²) in [5.41, 5.74) is 1.38. The second kappa shape index (κ2) is 6.37. The Morgan fingerprint density at radius 3 is 1.96 bits per heavy atom. The summed E-state index contributed by atoms with van der Waals surface area (Å²) in [5, 5.41) is 11.2. The lowest BCUT2D eigenvalue weighted by Gasteiger charge is -2.47. The number of hydrogen-bond acceptors (Lipinski definition) is 3. The summed E-state index contributed by atoms with van der Waals surface area (Å²) in [6, 6.07) is 0.603. The molecule has 4 nitrogen and oxygen atoms in total. The number of hydrogen-bond donors (Lipinski definition) is 0. The maximum absolute atomic E-state index is 12.9. The number of carbonyl (C=O) groups is 1. The zero-order chi connectivity index (χ0) is 17.4. The van der Waals surface area contributed by atoms with Crippen LogP contribution in [0.25, 0.3) is 0 Å². The highest BCUT2D eigenvalue weighted by atomic mass is 16.1. The van der Waals surface area contributed by atoms with Crippen molar-refractivity contribution >= 4 is 5.78 Å². The molecule has 23 heavy (non-hydrogen) atoms. The summed E-state index contributed by atoms with van der Waals surface area (Å²) in [4.78, 5) is 12.9. The van der Waals surface area contributed by atoms with Gasteiger partial charge < -0.3 is 0 Å². The van der Waals surface area contributed by atoms with E-state index in [0.717, 1.165) is 37.0 Å². The Hall–Kier alpha value is -1.19. The van der Waals surface area contributed by atoms with Crippen LogP contribution in [0, 0.1) is 10.8 Å². The van der Waals surface area contributed by atoms with E-state index < -0.39 is 0 Å². The Labute approximate surface area is 141 Å². The summed E-state index contributed by atoms with van der Waals surface area (Å²) < 4.78 is 0. The third-order valence-corrected chi connectivity index (χ3v) is 5.12. The molecule has 0 bridgehead atoms. The molecule has 0 unspecified atom stereocenters. The van der Waals surface area contributed by atoms with Gasteiger partial charge in [0, 0.05) is 17.7 Å². The van der Waals surface area contributed by atoms with Gasteiger partial charge >= 0.3 is 0 Å². The summed E-state index contributed by atoms with van der Waals surface area (Å²) in [6.45, 7) is 14.8. The van der Waals surface area contributed by atoms with Crippen LogP contribution in [0.5, 0.6) is 0 Å². The van der Waals surface area contributed by atoms with Crippen LogP contribution < -0.4 is 0 Å². The normalized spacial score (nSPS) is 21.7. The smallest absolute Gasteiger partial charge is 0.173 e. The van der Waals surface area contributed by atoms with Crippen LogP contribution in [0.4, 0.5) is 0 Å². The van der Waals surface area contributed by atoms with Gasteiger partial charge in [0.05, 0.1) is 11.1 Å². The molecule has 0 amide bonds. The van der Waals surface area contributed by atoms with Crippen molar-refractivity contribution in [1.82, 2.24) is 5.01 Å².